The van der Waals surface area contributed by atoms with Crippen molar-refractivity contribution in [3.63, 3.8) is 0 Å². The minimum atomic E-state index is 0.0193. The van der Waals surface area contributed by atoms with Crippen molar-refractivity contribution < 1.29 is 9.59 Å². The molecule has 2 aromatic carbocycles. The van der Waals surface area contributed by atoms with Crippen molar-refractivity contribution in [1.82, 2.24) is 9.80 Å². The smallest absolute Gasteiger partial charge is 0.253 e. The van der Waals surface area contributed by atoms with Crippen molar-refractivity contribution in [3.8, 4) is 0 Å². The van der Waals surface area contributed by atoms with Crippen molar-refractivity contribution in [1.29, 1.82) is 0 Å². The molecule has 0 atom stereocenters. The summed E-state index contributed by atoms with van der Waals surface area (Å²) in [5, 5.41) is 0. The van der Waals surface area contributed by atoms with Gasteiger partial charge in [-0.15, -0.1) is 0 Å². The molecule has 0 aliphatic carbocycles. The van der Waals surface area contributed by atoms with Gasteiger partial charge in [0.2, 0.25) is 0 Å². The Morgan fingerprint density at radius 3 is 1.54 bits per heavy atom. The second kappa shape index (κ2) is 8.04. The maximum atomic E-state index is 12.7. The predicted octanol–water partition coefficient (Wildman–Crippen LogP) is 4.17. The maximum Gasteiger partial charge on any atom is 0.253 e. The van der Waals surface area contributed by atoms with E-state index in [0.29, 0.717) is 43.2 Å². The molecule has 0 radical (unpaired) electrons. The summed E-state index contributed by atoms with van der Waals surface area (Å²) in [6.07, 6.45) is 0. The van der Waals surface area contributed by atoms with Crippen LogP contribution in [-0.4, -0.2) is 47.8 Å². The van der Waals surface area contributed by atoms with E-state index in [2.05, 4.69) is 29.8 Å². The fraction of sp³-hybridized carbons (Fsp3) is 0.333. The van der Waals surface area contributed by atoms with Gasteiger partial charge in [0, 0.05) is 41.8 Å². The molecule has 3 rings (SSSR count). The van der Waals surface area contributed by atoms with Crippen LogP contribution in [0.1, 0.15) is 46.0 Å². The van der Waals surface area contributed by atoms with Crippen LogP contribution in [0.25, 0.3) is 0 Å². The van der Waals surface area contributed by atoms with E-state index in [4.69, 9.17) is 0 Å². The summed E-state index contributed by atoms with van der Waals surface area (Å²) in [5.41, 5.74) is 2.62. The number of amides is 2. The van der Waals surface area contributed by atoms with E-state index in [1.165, 1.54) is 5.56 Å². The number of rotatable bonds is 3. The van der Waals surface area contributed by atoms with Crippen molar-refractivity contribution in [2.45, 2.75) is 19.8 Å². The van der Waals surface area contributed by atoms with Gasteiger partial charge in [-0.2, -0.15) is 0 Å². The van der Waals surface area contributed by atoms with Gasteiger partial charge in [-0.25, -0.2) is 0 Å². The first-order chi connectivity index (χ1) is 12.5. The highest BCUT2D eigenvalue weighted by Gasteiger charge is 2.25. The van der Waals surface area contributed by atoms with Gasteiger partial charge in [0.05, 0.1) is 0 Å². The van der Waals surface area contributed by atoms with Crippen LogP contribution in [-0.2, 0) is 0 Å². The fourth-order valence-corrected chi connectivity index (χ4v) is 3.35. The second-order valence-corrected chi connectivity index (χ2v) is 7.78. The van der Waals surface area contributed by atoms with Crippen molar-refractivity contribution in [2.75, 3.05) is 26.2 Å². The molecular weight excluding hydrogens is 392 g/mol. The fourth-order valence-electron chi connectivity index (χ4n) is 3.08. The Bertz CT molecular complexity index is 777. The quantitative estimate of drug-likeness (QED) is 0.755. The molecule has 0 unspecified atom stereocenters. The van der Waals surface area contributed by atoms with Crippen LogP contribution >= 0.6 is 15.9 Å². The topological polar surface area (TPSA) is 40.6 Å². The summed E-state index contributed by atoms with van der Waals surface area (Å²) in [6, 6.07) is 15.2. The summed E-state index contributed by atoms with van der Waals surface area (Å²) in [4.78, 5) is 28.9. The molecule has 4 nitrogen and oxygen atoms in total. The molecule has 2 aromatic rings. The zero-order valence-electron chi connectivity index (χ0n) is 15.1. The summed E-state index contributed by atoms with van der Waals surface area (Å²) in [5.74, 6) is 0.509. The zero-order chi connectivity index (χ0) is 18.7. The first-order valence-corrected chi connectivity index (χ1v) is 9.69. The summed E-state index contributed by atoms with van der Waals surface area (Å²) >= 11 is 3.38. The number of piperazine rings is 1. The molecule has 0 spiro atoms. The van der Waals surface area contributed by atoms with Crippen molar-refractivity contribution in [2.24, 2.45) is 0 Å². The number of carbonyl (C=O) groups excluding carboxylic acids is 2. The minimum Gasteiger partial charge on any atom is -0.335 e. The molecule has 1 aliphatic heterocycles. The average molecular weight is 415 g/mol. The highest BCUT2D eigenvalue weighted by molar-refractivity contribution is 9.10. The van der Waals surface area contributed by atoms with Crippen LogP contribution < -0.4 is 0 Å². The number of nitrogens with zero attached hydrogens (tertiary/aromatic N) is 2. The van der Waals surface area contributed by atoms with Gasteiger partial charge < -0.3 is 9.80 Å². The van der Waals surface area contributed by atoms with E-state index in [1.54, 1.807) is 0 Å². The van der Waals surface area contributed by atoms with Crippen LogP contribution in [0.15, 0.2) is 53.0 Å². The Morgan fingerprint density at radius 1 is 0.769 bits per heavy atom. The number of hydrogen-bond donors (Lipinski definition) is 0. The summed E-state index contributed by atoms with van der Waals surface area (Å²) in [7, 11) is 0. The average Bonchev–Trinajstić information content (AvgIpc) is 2.67. The third-order valence-electron chi connectivity index (χ3n) is 4.77. The monoisotopic (exact) mass is 414 g/mol. The van der Waals surface area contributed by atoms with E-state index < -0.39 is 0 Å². The van der Waals surface area contributed by atoms with Gasteiger partial charge in [0.15, 0.2) is 0 Å². The number of carbonyl (C=O) groups is 2. The van der Waals surface area contributed by atoms with E-state index in [0.717, 1.165) is 4.47 Å². The molecule has 1 saturated heterocycles. The Labute approximate surface area is 162 Å². The lowest BCUT2D eigenvalue weighted by molar-refractivity contribution is 0.0535. The lowest BCUT2D eigenvalue weighted by atomic mass is 10.0. The lowest BCUT2D eigenvalue weighted by Gasteiger charge is -2.35. The Kier molecular flexibility index (Phi) is 5.77. The summed E-state index contributed by atoms with van der Waals surface area (Å²) < 4.78 is 0.952. The largest absolute Gasteiger partial charge is 0.335 e. The molecule has 2 amide bonds. The van der Waals surface area contributed by atoms with E-state index >= 15 is 0 Å². The SMILES string of the molecule is CC(C)c1ccc(C(=O)N2CCN(C(=O)c3ccc(Br)cc3)CC2)cc1. The van der Waals surface area contributed by atoms with Gasteiger partial charge in [0.25, 0.3) is 11.8 Å². The molecule has 5 heteroatoms. The van der Waals surface area contributed by atoms with Gasteiger partial charge in [-0.1, -0.05) is 41.9 Å². The second-order valence-electron chi connectivity index (χ2n) is 6.87. The van der Waals surface area contributed by atoms with Gasteiger partial charge in [-0.05, 0) is 47.9 Å². The molecule has 0 N–H and O–H groups in total. The van der Waals surface area contributed by atoms with Gasteiger partial charge in [-0.3, -0.25) is 9.59 Å². The highest BCUT2D eigenvalue weighted by Crippen LogP contribution is 2.17. The number of benzene rings is 2. The van der Waals surface area contributed by atoms with Crippen molar-refractivity contribution >= 4 is 27.7 Å². The zero-order valence-corrected chi connectivity index (χ0v) is 16.7. The van der Waals surface area contributed by atoms with Crippen LogP contribution in [0, 0.1) is 0 Å². The molecule has 0 bridgehead atoms. The molecule has 1 aliphatic rings. The third kappa shape index (κ3) is 4.15. The molecule has 0 saturated carbocycles. The van der Waals surface area contributed by atoms with Gasteiger partial charge >= 0.3 is 0 Å². The maximum absolute atomic E-state index is 12.7. The normalized spacial score (nSPS) is 14.6. The standard InChI is InChI=1S/C21H23BrN2O2/c1-15(2)16-3-5-17(6-4-16)20(25)23-11-13-24(14-12-23)21(26)18-7-9-19(22)10-8-18/h3-10,15H,11-14H2,1-2H3. The van der Waals surface area contributed by atoms with Gasteiger partial charge in [0.1, 0.15) is 0 Å². The van der Waals surface area contributed by atoms with Crippen LogP contribution in [0.2, 0.25) is 0 Å². The minimum absolute atomic E-state index is 0.0193. The van der Waals surface area contributed by atoms with E-state index in [1.807, 2.05) is 58.3 Å². The van der Waals surface area contributed by atoms with E-state index in [-0.39, 0.29) is 11.8 Å². The third-order valence-corrected chi connectivity index (χ3v) is 5.30. The van der Waals surface area contributed by atoms with Crippen LogP contribution in [0.3, 0.4) is 0 Å². The molecular formula is C21H23BrN2O2. The van der Waals surface area contributed by atoms with Crippen LogP contribution in [0.4, 0.5) is 0 Å². The molecule has 26 heavy (non-hydrogen) atoms. The Morgan fingerprint density at radius 2 is 1.15 bits per heavy atom. The first-order valence-electron chi connectivity index (χ1n) is 8.90. The molecule has 1 fully saturated rings. The van der Waals surface area contributed by atoms with E-state index in [9.17, 15) is 9.59 Å². The lowest BCUT2D eigenvalue weighted by Crippen LogP contribution is -2.50. The Balaban J connectivity index is 1.60. The molecule has 136 valence electrons. The molecule has 1 heterocycles. The number of hydrogen-bond acceptors (Lipinski definition) is 2. The molecule has 0 aromatic heterocycles. The van der Waals surface area contributed by atoms with Crippen LogP contribution in [0.5, 0.6) is 0 Å². The predicted molar refractivity (Wildman–Crippen MR) is 106 cm³/mol. The summed E-state index contributed by atoms with van der Waals surface area (Å²) in [6.45, 7) is 6.52. The van der Waals surface area contributed by atoms with Crippen molar-refractivity contribution in [3.05, 3.63) is 69.7 Å². The number of halogens is 1. The Hall–Kier alpha value is -2.14. The first kappa shape index (κ1) is 18.6. The highest BCUT2D eigenvalue weighted by atomic mass is 79.9.